The summed E-state index contributed by atoms with van der Waals surface area (Å²) >= 11 is 0. The molecule has 2 aliphatic rings. The quantitative estimate of drug-likeness (QED) is 0.763. The van der Waals surface area contributed by atoms with E-state index in [1.807, 2.05) is 0 Å². The Morgan fingerprint density at radius 3 is 2.89 bits per heavy atom. The molecule has 0 spiro atoms. The van der Waals surface area contributed by atoms with Crippen LogP contribution < -0.4 is 5.32 Å². The second kappa shape index (κ2) is 5.88. The van der Waals surface area contributed by atoms with Gasteiger partial charge in [-0.05, 0) is 26.2 Å². The Labute approximate surface area is 112 Å². The summed E-state index contributed by atoms with van der Waals surface area (Å²) in [7, 11) is 0. The topological polar surface area (TPSA) is 84.9 Å². The van der Waals surface area contributed by atoms with Crippen LogP contribution in [0.2, 0.25) is 0 Å². The number of ether oxygens (including phenoxy) is 2. The highest BCUT2D eigenvalue weighted by atomic mass is 16.5. The first kappa shape index (κ1) is 14.3. The Bertz CT molecular complexity index is 353. The first-order valence-electron chi connectivity index (χ1n) is 6.74. The summed E-state index contributed by atoms with van der Waals surface area (Å²) in [4.78, 5) is 23.1. The van der Waals surface area contributed by atoms with E-state index in [1.165, 1.54) is 0 Å². The molecule has 2 aliphatic heterocycles. The molecule has 108 valence electrons. The Kier molecular flexibility index (Phi) is 4.42. The number of carbonyl (C=O) groups excluding carboxylic acids is 1. The fourth-order valence-electron chi connectivity index (χ4n) is 2.52. The lowest BCUT2D eigenvalue weighted by atomic mass is 9.85. The summed E-state index contributed by atoms with van der Waals surface area (Å²) in [5, 5.41) is 12.0. The van der Waals surface area contributed by atoms with Crippen molar-refractivity contribution in [2.24, 2.45) is 5.41 Å². The summed E-state index contributed by atoms with van der Waals surface area (Å²) in [5.74, 6) is -1.06. The van der Waals surface area contributed by atoms with E-state index in [0.29, 0.717) is 12.8 Å². The molecular weight excluding hydrogens is 250 g/mol. The molecule has 3 unspecified atom stereocenters. The minimum Gasteiger partial charge on any atom is -0.481 e. The standard InChI is InChI=1S/C13H21NO5/c1-13(12(16)17)8-18-7-10(13)14-11(15)5-4-9-3-2-6-19-9/h9-10H,2-8H2,1H3,(H,14,15)(H,16,17). The number of hydrogen-bond acceptors (Lipinski definition) is 4. The molecule has 1 amide bonds. The number of carboxylic acid groups (broad SMARTS) is 1. The van der Waals surface area contributed by atoms with Gasteiger partial charge in [-0.25, -0.2) is 0 Å². The van der Waals surface area contributed by atoms with E-state index in [-0.39, 0.29) is 25.2 Å². The summed E-state index contributed by atoms with van der Waals surface area (Å²) in [5.41, 5.74) is -1.03. The van der Waals surface area contributed by atoms with Crippen LogP contribution in [0.5, 0.6) is 0 Å². The number of rotatable bonds is 5. The van der Waals surface area contributed by atoms with Crippen LogP contribution in [0.15, 0.2) is 0 Å². The van der Waals surface area contributed by atoms with Gasteiger partial charge in [-0.2, -0.15) is 0 Å². The van der Waals surface area contributed by atoms with Crippen LogP contribution in [0.1, 0.15) is 32.6 Å². The monoisotopic (exact) mass is 271 g/mol. The van der Waals surface area contributed by atoms with Gasteiger partial charge < -0.3 is 19.9 Å². The van der Waals surface area contributed by atoms with E-state index in [9.17, 15) is 14.7 Å². The lowest BCUT2D eigenvalue weighted by Gasteiger charge is -2.25. The van der Waals surface area contributed by atoms with Crippen LogP contribution in [0.3, 0.4) is 0 Å². The van der Waals surface area contributed by atoms with Gasteiger partial charge in [0.15, 0.2) is 0 Å². The van der Waals surface area contributed by atoms with Crippen LogP contribution in [-0.2, 0) is 19.1 Å². The molecule has 0 radical (unpaired) electrons. The van der Waals surface area contributed by atoms with Crippen LogP contribution >= 0.6 is 0 Å². The van der Waals surface area contributed by atoms with Crippen molar-refractivity contribution in [3.8, 4) is 0 Å². The molecule has 2 saturated heterocycles. The van der Waals surface area contributed by atoms with Gasteiger partial charge in [-0.3, -0.25) is 9.59 Å². The SMILES string of the molecule is CC1(C(=O)O)COCC1NC(=O)CCC1CCCO1. The van der Waals surface area contributed by atoms with Crippen LogP contribution in [0, 0.1) is 5.41 Å². The zero-order chi connectivity index (χ0) is 13.9. The lowest BCUT2D eigenvalue weighted by molar-refractivity contribution is -0.149. The summed E-state index contributed by atoms with van der Waals surface area (Å²) in [6.45, 7) is 2.78. The van der Waals surface area contributed by atoms with E-state index >= 15 is 0 Å². The molecule has 3 atom stereocenters. The van der Waals surface area contributed by atoms with Crippen molar-refractivity contribution in [2.75, 3.05) is 19.8 Å². The molecule has 6 heteroatoms. The summed E-state index contributed by atoms with van der Waals surface area (Å²) in [6.07, 6.45) is 3.31. The van der Waals surface area contributed by atoms with Crippen molar-refractivity contribution < 1.29 is 24.2 Å². The zero-order valence-corrected chi connectivity index (χ0v) is 11.2. The fraction of sp³-hybridized carbons (Fsp3) is 0.846. The number of carbonyl (C=O) groups is 2. The number of carboxylic acids is 1. The summed E-state index contributed by atoms with van der Waals surface area (Å²) in [6, 6.07) is -0.456. The highest BCUT2D eigenvalue weighted by Crippen LogP contribution is 2.28. The fourth-order valence-corrected chi connectivity index (χ4v) is 2.52. The van der Waals surface area contributed by atoms with E-state index in [2.05, 4.69) is 5.32 Å². The van der Waals surface area contributed by atoms with Crippen molar-refractivity contribution in [2.45, 2.75) is 44.8 Å². The van der Waals surface area contributed by atoms with Crippen molar-refractivity contribution >= 4 is 11.9 Å². The predicted molar refractivity (Wildman–Crippen MR) is 66.7 cm³/mol. The van der Waals surface area contributed by atoms with Crippen molar-refractivity contribution in [1.29, 1.82) is 0 Å². The van der Waals surface area contributed by atoms with Crippen LogP contribution in [0.4, 0.5) is 0 Å². The average molecular weight is 271 g/mol. The highest BCUT2D eigenvalue weighted by Gasteiger charge is 2.47. The van der Waals surface area contributed by atoms with Crippen molar-refractivity contribution in [3.05, 3.63) is 0 Å². The maximum Gasteiger partial charge on any atom is 0.313 e. The van der Waals surface area contributed by atoms with Gasteiger partial charge in [0.1, 0.15) is 5.41 Å². The van der Waals surface area contributed by atoms with Gasteiger partial charge in [0.25, 0.3) is 0 Å². The van der Waals surface area contributed by atoms with Gasteiger partial charge in [0.2, 0.25) is 5.91 Å². The van der Waals surface area contributed by atoms with Gasteiger partial charge in [-0.15, -0.1) is 0 Å². The molecule has 2 heterocycles. The average Bonchev–Trinajstić information content (AvgIpc) is 2.98. The molecule has 2 N–H and O–H groups in total. The second-order valence-electron chi connectivity index (χ2n) is 5.53. The number of hydrogen-bond donors (Lipinski definition) is 2. The van der Waals surface area contributed by atoms with Gasteiger partial charge in [-0.1, -0.05) is 0 Å². The zero-order valence-electron chi connectivity index (χ0n) is 11.2. The normalized spacial score (nSPS) is 34.4. The Morgan fingerprint density at radius 1 is 1.47 bits per heavy atom. The molecule has 0 aromatic heterocycles. The molecule has 2 fully saturated rings. The Hall–Kier alpha value is -1.14. The second-order valence-corrected chi connectivity index (χ2v) is 5.53. The molecule has 0 bridgehead atoms. The third-order valence-electron chi connectivity index (χ3n) is 4.00. The smallest absolute Gasteiger partial charge is 0.313 e. The Morgan fingerprint density at radius 2 is 2.26 bits per heavy atom. The molecule has 0 aliphatic carbocycles. The van der Waals surface area contributed by atoms with Gasteiger partial charge >= 0.3 is 5.97 Å². The van der Waals surface area contributed by atoms with Gasteiger partial charge in [0, 0.05) is 13.0 Å². The first-order valence-corrected chi connectivity index (χ1v) is 6.74. The number of nitrogens with one attached hydrogen (secondary N) is 1. The van der Waals surface area contributed by atoms with Crippen molar-refractivity contribution in [3.63, 3.8) is 0 Å². The van der Waals surface area contributed by atoms with Crippen LogP contribution in [-0.4, -0.2) is 48.9 Å². The van der Waals surface area contributed by atoms with E-state index < -0.39 is 17.4 Å². The first-order chi connectivity index (χ1) is 9.02. The highest BCUT2D eigenvalue weighted by molar-refractivity contribution is 5.80. The largest absolute Gasteiger partial charge is 0.481 e. The third kappa shape index (κ3) is 3.25. The maximum atomic E-state index is 11.9. The minimum absolute atomic E-state index is 0.126. The molecular formula is C13H21NO5. The van der Waals surface area contributed by atoms with Crippen LogP contribution in [0.25, 0.3) is 0 Å². The molecule has 0 aromatic rings. The number of amides is 1. The molecule has 2 rings (SSSR count). The maximum absolute atomic E-state index is 11.9. The summed E-state index contributed by atoms with van der Waals surface area (Å²) < 4.78 is 10.6. The lowest BCUT2D eigenvalue weighted by Crippen LogP contribution is -2.49. The molecule has 0 saturated carbocycles. The van der Waals surface area contributed by atoms with E-state index in [0.717, 1.165) is 19.4 Å². The molecule has 0 aromatic carbocycles. The Balaban J connectivity index is 1.79. The molecule has 19 heavy (non-hydrogen) atoms. The van der Waals surface area contributed by atoms with E-state index in [1.54, 1.807) is 6.92 Å². The minimum atomic E-state index is -1.03. The molecule has 6 nitrogen and oxygen atoms in total. The predicted octanol–water partition coefficient (Wildman–Crippen LogP) is 0.551. The van der Waals surface area contributed by atoms with Crippen molar-refractivity contribution in [1.82, 2.24) is 5.32 Å². The van der Waals surface area contributed by atoms with Gasteiger partial charge in [0.05, 0.1) is 25.4 Å². The van der Waals surface area contributed by atoms with E-state index in [4.69, 9.17) is 9.47 Å². The number of aliphatic carboxylic acids is 1. The third-order valence-corrected chi connectivity index (χ3v) is 4.00.